The first-order valence-corrected chi connectivity index (χ1v) is 12.5. The second-order valence-corrected chi connectivity index (χ2v) is 9.74. The van der Waals surface area contributed by atoms with Crippen molar-refractivity contribution in [1.82, 2.24) is 4.90 Å². The molecular weight excluding hydrogens is 456 g/mol. The lowest BCUT2D eigenvalue weighted by Gasteiger charge is -2.26. The molecule has 0 bridgehead atoms. The quantitative estimate of drug-likeness (QED) is 0.281. The number of Topliss-reactive ketones (excluding diaryl/α,β-unsaturated/α-hetero) is 1. The molecular formula is C29H38N2O5. The van der Waals surface area contributed by atoms with E-state index in [4.69, 9.17) is 9.47 Å². The minimum absolute atomic E-state index is 0.00189. The zero-order valence-electron chi connectivity index (χ0n) is 22.4. The van der Waals surface area contributed by atoms with Crippen LogP contribution in [-0.4, -0.2) is 61.7 Å². The van der Waals surface area contributed by atoms with Gasteiger partial charge in [-0.05, 0) is 68.1 Å². The number of hydrogen-bond acceptors (Lipinski definition) is 6. The molecule has 0 aromatic heterocycles. The van der Waals surface area contributed by atoms with Gasteiger partial charge >= 0.3 is 0 Å². The summed E-state index contributed by atoms with van der Waals surface area (Å²) >= 11 is 0. The Morgan fingerprint density at radius 1 is 1.06 bits per heavy atom. The monoisotopic (exact) mass is 494 g/mol. The molecule has 3 rings (SSSR count). The van der Waals surface area contributed by atoms with E-state index in [2.05, 4.69) is 0 Å². The van der Waals surface area contributed by atoms with Crippen LogP contribution >= 0.6 is 0 Å². The molecule has 1 heterocycles. The molecule has 194 valence electrons. The summed E-state index contributed by atoms with van der Waals surface area (Å²) in [5.41, 5.74) is 3.23. The number of likely N-dealkylation sites (tertiary alicyclic amines) is 1. The minimum atomic E-state index is -0.717. The van der Waals surface area contributed by atoms with Crippen LogP contribution in [0.15, 0.2) is 48.0 Å². The van der Waals surface area contributed by atoms with Crippen molar-refractivity contribution in [3.05, 3.63) is 64.7 Å². The van der Waals surface area contributed by atoms with Crippen LogP contribution in [0.25, 0.3) is 5.76 Å². The fourth-order valence-corrected chi connectivity index (χ4v) is 4.39. The normalized spacial score (nSPS) is 17.4. The highest BCUT2D eigenvalue weighted by Gasteiger charge is 2.46. The van der Waals surface area contributed by atoms with E-state index in [0.717, 1.165) is 22.6 Å². The molecule has 0 aliphatic carbocycles. The molecule has 0 radical (unpaired) electrons. The van der Waals surface area contributed by atoms with Crippen LogP contribution in [0.2, 0.25) is 0 Å². The van der Waals surface area contributed by atoms with Crippen LogP contribution in [0, 0.1) is 0 Å². The number of benzene rings is 2. The van der Waals surface area contributed by atoms with Gasteiger partial charge in [0.15, 0.2) is 0 Å². The number of aliphatic hydroxyl groups is 1. The van der Waals surface area contributed by atoms with E-state index >= 15 is 0 Å². The Morgan fingerprint density at radius 2 is 1.72 bits per heavy atom. The van der Waals surface area contributed by atoms with E-state index in [1.807, 2.05) is 83.9 Å². The molecule has 1 saturated heterocycles. The highest BCUT2D eigenvalue weighted by Crippen LogP contribution is 2.40. The van der Waals surface area contributed by atoms with Crippen molar-refractivity contribution in [3.8, 4) is 5.75 Å². The van der Waals surface area contributed by atoms with Crippen molar-refractivity contribution in [2.75, 3.05) is 38.8 Å². The molecule has 1 aliphatic rings. The molecule has 0 spiro atoms. The maximum Gasteiger partial charge on any atom is 0.295 e. The number of ketones is 1. The number of amides is 1. The maximum absolute atomic E-state index is 13.3. The van der Waals surface area contributed by atoms with Gasteiger partial charge in [0.2, 0.25) is 0 Å². The average molecular weight is 495 g/mol. The van der Waals surface area contributed by atoms with Crippen LogP contribution in [0.1, 0.15) is 63.3 Å². The van der Waals surface area contributed by atoms with E-state index in [0.29, 0.717) is 12.2 Å². The van der Waals surface area contributed by atoms with Gasteiger partial charge in [0.05, 0.1) is 30.9 Å². The number of anilines is 1. The third-order valence-corrected chi connectivity index (χ3v) is 6.25. The van der Waals surface area contributed by atoms with Crippen LogP contribution in [0.4, 0.5) is 5.69 Å². The standard InChI is InChI=1S/C29H38N2O5/c1-8-35-24-14-11-21(17-23(24)18(2)3)27(32)25-26(20-9-12-22(13-10-20)30(6)7)31(29(34)28(25)33)15-16-36-19(4)5/h9-14,17-19,26,32H,8,15-16H2,1-7H3/b27-25-. The second-order valence-electron chi connectivity index (χ2n) is 9.74. The fourth-order valence-electron chi connectivity index (χ4n) is 4.39. The molecule has 1 aliphatic heterocycles. The number of hydrogen-bond donors (Lipinski definition) is 1. The van der Waals surface area contributed by atoms with E-state index in [9.17, 15) is 14.7 Å². The lowest BCUT2D eigenvalue weighted by molar-refractivity contribution is -0.140. The van der Waals surface area contributed by atoms with Gasteiger partial charge in [-0.2, -0.15) is 0 Å². The summed E-state index contributed by atoms with van der Waals surface area (Å²) in [4.78, 5) is 29.9. The molecule has 1 unspecified atom stereocenters. The average Bonchev–Trinajstić information content (AvgIpc) is 3.08. The van der Waals surface area contributed by atoms with Crippen molar-refractivity contribution in [2.24, 2.45) is 0 Å². The summed E-state index contributed by atoms with van der Waals surface area (Å²) in [6.45, 7) is 10.9. The first-order chi connectivity index (χ1) is 17.1. The van der Waals surface area contributed by atoms with E-state index in [1.54, 1.807) is 12.1 Å². The van der Waals surface area contributed by atoms with Crippen molar-refractivity contribution in [3.63, 3.8) is 0 Å². The third-order valence-electron chi connectivity index (χ3n) is 6.25. The lowest BCUT2D eigenvalue weighted by Crippen LogP contribution is -2.33. The number of rotatable bonds is 10. The smallest absolute Gasteiger partial charge is 0.295 e. The van der Waals surface area contributed by atoms with E-state index < -0.39 is 17.7 Å². The lowest BCUT2D eigenvalue weighted by atomic mass is 9.93. The zero-order chi connectivity index (χ0) is 26.6. The Bertz CT molecular complexity index is 1120. The Balaban J connectivity index is 2.13. The Hall–Kier alpha value is -3.32. The van der Waals surface area contributed by atoms with Gasteiger partial charge in [-0.25, -0.2) is 0 Å². The molecule has 36 heavy (non-hydrogen) atoms. The molecule has 7 nitrogen and oxygen atoms in total. The van der Waals surface area contributed by atoms with Crippen molar-refractivity contribution < 1.29 is 24.2 Å². The van der Waals surface area contributed by atoms with Gasteiger partial charge in [-0.1, -0.05) is 26.0 Å². The number of ether oxygens (including phenoxy) is 2. The van der Waals surface area contributed by atoms with Gasteiger partial charge < -0.3 is 24.4 Å². The van der Waals surface area contributed by atoms with Crippen molar-refractivity contribution in [1.29, 1.82) is 0 Å². The number of carbonyl (C=O) groups excluding carboxylic acids is 2. The van der Waals surface area contributed by atoms with Crippen LogP contribution in [0.3, 0.4) is 0 Å². The molecule has 1 fully saturated rings. The number of carbonyl (C=O) groups is 2. The minimum Gasteiger partial charge on any atom is -0.507 e. The fraction of sp³-hybridized carbons (Fsp3) is 0.448. The molecule has 1 atom stereocenters. The predicted molar refractivity (Wildman–Crippen MR) is 143 cm³/mol. The second kappa shape index (κ2) is 11.6. The van der Waals surface area contributed by atoms with Gasteiger partial charge in [0.25, 0.3) is 11.7 Å². The zero-order valence-corrected chi connectivity index (χ0v) is 22.4. The summed E-state index contributed by atoms with van der Waals surface area (Å²) in [7, 11) is 3.89. The highest BCUT2D eigenvalue weighted by atomic mass is 16.5. The number of nitrogens with zero attached hydrogens (tertiary/aromatic N) is 2. The largest absolute Gasteiger partial charge is 0.507 e. The van der Waals surface area contributed by atoms with E-state index in [1.165, 1.54) is 4.90 Å². The van der Waals surface area contributed by atoms with Crippen LogP contribution in [0.5, 0.6) is 5.75 Å². The maximum atomic E-state index is 13.3. The summed E-state index contributed by atoms with van der Waals surface area (Å²) in [5.74, 6) is -0.637. The Labute approximate surface area is 214 Å². The van der Waals surface area contributed by atoms with Crippen molar-refractivity contribution >= 4 is 23.1 Å². The third kappa shape index (κ3) is 5.73. The Kier molecular flexibility index (Phi) is 8.79. The highest BCUT2D eigenvalue weighted by molar-refractivity contribution is 6.46. The first-order valence-electron chi connectivity index (χ1n) is 12.5. The number of aliphatic hydroxyl groups excluding tert-OH is 1. The molecule has 2 aromatic rings. The molecule has 0 saturated carbocycles. The van der Waals surface area contributed by atoms with E-state index in [-0.39, 0.29) is 36.5 Å². The summed E-state index contributed by atoms with van der Waals surface area (Å²) in [5, 5.41) is 11.4. The van der Waals surface area contributed by atoms with Gasteiger partial charge in [0.1, 0.15) is 11.5 Å². The molecule has 2 aromatic carbocycles. The van der Waals surface area contributed by atoms with Gasteiger partial charge in [0, 0.05) is 31.9 Å². The van der Waals surface area contributed by atoms with Gasteiger partial charge in [-0.15, -0.1) is 0 Å². The summed E-state index contributed by atoms with van der Waals surface area (Å²) in [6.07, 6.45) is -0.00189. The summed E-state index contributed by atoms with van der Waals surface area (Å²) in [6, 6.07) is 12.3. The molecule has 1 amide bonds. The molecule has 1 N–H and O–H groups in total. The SMILES string of the molecule is CCOc1ccc(/C(O)=C2/C(=O)C(=O)N(CCOC(C)C)C2c2ccc(N(C)C)cc2)cc1C(C)C. The summed E-state index contributed by atoms with van der Waals surface area (Å²) < 4.78 is 11.4. The van der Waals surface area contributed by atoms with Crippen LogP contribution in [-0.2, 0) is 14.3 Å². The molecule has 7 heteroatoms. The van der Waals surface area contributed by atoms with Crippen molar-refractivity contribution in [2.45, 2.75) is 52.7 Å². The Morgan fingerprint density at radius 3 is 2.28 bits per heavy atom. The first kappa shape index (κ1) is 27.3. The van der Waals surface area contributed by atoms with Gasteiger partial charge in [-0.3, -0.25) is 9.59 Å². The van der Waals surface area contributed by atoms with Crippen LogP contribution < -0.4 is 9.64 Å². The topological polar surface area (TPSA) is 79.3 Å². The predicted octanol–water partition coefficient (Wildman–Crippen LogP) is 5.12.